The van der Waals surface area contributed by atoms with Crippen molar-refractivity contribution in [2.75, 3.05) is 13.1 Å². The van der Waals surface area contributed by atoms with Crippen LogP contribution >= 0.6 is 24.2 Å². The van der Waals surface area contributed by atoms with Gasteiger partial charge in [0.05, 0.1) is 4.92 Å². The van der Waals surface area contributed by atoms with Gasteiger partial charge < -0.3 is 5.32 Å². The van der Waals surface area contributed by atoms with E-state index in [-0.39, 0.29) is 23.0 Å². The molecule has 0 unspecified atom stereocenters. The lowest BCUT2D eigenvalue weighted by molar-refractivity contribution is -0.388. The SMILES string of the molecule is Cl.O=[N+]([O-])c1cccnc1S[C@@H]1CCNC1. The number of nitrogens with one attached hydrogen (secondary N) is 1. The zero-order valence-corrected chi connectivity index (χ0v) is 10.1. The fraction of sp³-hybridized carbons (Fsp3) is 0.444. The van der Waals surface area contributed by atoms with E-state index in [4.69, 9.17) is 0 Å². The fourth-order valence-corrected chi connectivity index (χ4v) is 2.64. The first-order valence-corrected chi connectivity index (χ1v) is 5.62. The van der Waals surface area contributed by atoms with Crippen LogP contribution in [0.15, 0.2) is 23.4 Å². The molecule has 5 nitrogen and oxygen atoms in total. The largest absolute Gasteiger partial charge is 0.316 e. The van der Waals surface area contributed by atoms with E-state index in [1.54, 1.807) is 12.3 Å². The molecule has 0 spiro atoms. The van der Waals surface area contributed by atoms with E-state index in [1.165, 1.54) is 17.8 Å². The summed E-state index contributed by atoms with van der Waals surface area (Å²) in [7, 11) is 0. The average Bonchev–Trinajstić information content (AvgIpc) is 2.71. The monoisotopic (exact) mass is 261 g/mol. The topological polar surface area (TPSA) is 68.1 Å². The highest BCUT2D eigenvalue weighted by Gasteiger charge is 2.21. The van der Waals surface area contributed by atoms with Gasteiger partial charge in [-0.2, -0.15) is 0 Å². The highest BCUT2D eigenvalue weighted by Crippen LogP contribution is 2.31. The predicted octanol–water partition coefficient (Wildman–Crippen LogP) is 1.87. The van der Waals surface area contributed by atoms with Gasteiger partial charge in [-0.05, 0) is 19.0 Å². The van der Waals surface area contributed by atoms with E-state index in [9.17, 15) is 10.1 Å². The fourth-order valence-electron chi connectivity index (χ4n) is 1.50. The van der Waals surface area contributed by atoms with Crippen LogP contribution in [0.3, 0.4) is 0 Å². The van der Waals surface area contributed by atoms with Crippen LogP contribution in [-0.4, -0.2) is 28.2 Å². The van der Waals surface area contributed by atoms with Crippen molar-refractivity contribution >= 4 is 29.9 Å². The minimum absolute atomic E-state index is 0. The molecule has 1 fully saturated rings. The molecular formula is C9H12ClN3O2S. The van der Waals surface area contributed by atoms with Crippen molar-refractivity contribution in [3.63, 3.8) is 0 Å². The van der Waals surface area contributed by atoms with Crippen LogP contribution in [0.4, 0.5) is 5.69 Å². The van der Waals surface area contributed by atoms with Crippen molar-refractivity contribution in [2.45, 2.75) is 16.7 Å². The summed E-state index contributed by atoms with van der Waals surface area (Å²) in [5.41, 5.74) is 0.106. The van der Waals surface area contributed by atoms with Crippen molar-refractivity contribution < 1.29 is 4.92 Å². The summed E-state index contributed by atoms with van der Waals surface area (Å²) < 4.78 is 0. The lowest BCUT2D eigenvalue weighted by atomic mass is 10.4. The van der Waals surface area contributed by atoms with Gasteiger partial charge in [-0.3, -0.25) is 10.1 Å². The molecule has 0 aliphatic carbocycles. The number of rotatable bonds is 3. The van der Waals surface area contributed by atoms with Crippen LogP contribution in [0, 0.1) is 10.1 Å². The van der Waals surface area contributed by atoms with Crippen LogP contribution in [0.2, 0.25) is 0 Å². The Morgan fingerprint density at radius 3 is 3.06 bits per heavy atom. The Balaban J connectivity index is 0.00000128. The van der Waals surface area contributed by atoms with Gasteiger partial charge in [0.25, 0.3) is 0 Å². The van der Waals surface area contributed by atoms with Crippen molar-refractivity contribution in [3.05, 3.63) is 28.4 Å². The van der Waals surface area contributed by atoms with E-state index in [2.05, 4.69) is 10.3 Å². The number of aromatic nitrogens is 1. The Hall–Kier alpha value is -0.850. The number of hydrogen-bond acceptors (Lipinski definition) is 5. The van der Waals surface area contributed by atoms with Crippen molar-refractivity contribution in [3.8, 4) is 0 Å². The highest BCUT2D eigenvalue weighted by molar-refractivity contribution is 8.00. The zero-order valence-electron chi connectivity index (χ0n) is 8.46. The van der Waals surface area contributed by atoms with Gasteiger partial charge in [-0.1, -0.05) is 11.8 Å². The van der Waals surface area contributed by atoms with Gasteiger partial charge in [0, 0.05) is 24.1 Å². The van der Waals surface area contributed by atoms with E-state index in [0.29, 0.717) is 10.3 Å². The number of thioether (sulfide) groups is 1. The van der Waals surface area contributed by atoms with Crippen LogP contribution in [0.25, 0.3) is 0 Å². The van der Waals surface area contributed by atoms with Gasteiger partial charge in [-0.15, -0.1) is 12.4 Å². The molecule has 2 rings (SSSR count). The molecule has 1 aromatic rings. The Morgan fingerprint density at radius 1 is 1.62 bits per heavy atom. The third-order valence-electron chi connectivity index (χ3n) is 2.24. The second kappa shape index (κ2) is 6.03. The molecule has 1 aliphatic rings. The van der Waals surface area contributed by atoms with E-state index < -0.39 is 0 Å². The second-order valence-corrected chi connectivity index (χ2v) is 4.61. The van der Waals surface area contributed by atoms with E-state index >= 15 is 0 Å². The number of halogens is 1. The van der Waals surface area contributed by atoms with Gasteiger partial charge in [-0.25, -0.2) is 4.98 Å². The lowest BCUT2D eigenvalue weighted by Gasteiger charge is -2.06. The Morgan fingerprint density at radius 2 is 2.44 bits per heavy atom. The van der Waals surface area contributed by atoms with Crippen molar-refractivity contribution in [1.82, 2.24) is 10.3 Å². The summed E-state index contributed by atoms with van der Waals surface area (Å²) in [6.07, 6.45) is 2.64. The number of nitrogens with zero attached hydrogens (tertiary/aromatic N) is 2. The van der Waals surface area contributed by atoms with E-state index in [1.807, 2.05) is 0 Å². The third-order valence-corrected chi connectivity index (χ3v) is 3.51. The first-order valence-electron chi connectivity index (χ1n) is 4.74. The summed E-state index contributed by atoms with van der Waals surface area (Å²) in [5, 5.41) is 14.9. The van der Waals surface area contributed by atoms with Crippen LogP contribution in [0.5, 0.6) is 0 Å². The maximum Gasteiger partial charge on any atom is 0.301 e. The molecule has 0 aromatic carbocycles. The first-order chi connectivity index (χ1) is 7.27. The molecule has 0 amide bonds. The molecule has 1 atom stereocenters. The average molecular weight is 262 g/mol. The normalized spacial score (nSPS) is 19.1. The molecule has 1 aliphatic heterocycles. The van der Waals surface area contributed by atoms with Gasteiger partial charge in [0.1, 0.15) is 0 Å². The molecule has 1 saturated heterocycles. The number of pyridine rings is 1. The van der Waals surface area contributed by atoms with Crippen molar-refractivity contribution in [1.29, 1.82) is 0 Å². The Kier molecular flexibility index (Phi) is 4.98. The smallest absolute Gasteiger partial charge is 0.301 e. The van der Waals surface area contributed by atoms with Gasteiger partial charge in [0.15, 0.2) is 5.03 Å². The summed E-state index contributed by atoms with van der Waals surface area (Å²) in [5.74, 6) is 0. The Bertz CT molecular complexity index is 372. The molecule has 0 radical (unpaired) electrons. The minimum Gasteiger partial charge on any atom is -0.316 e. The summed E-state index contributed by atoms with van der Waals surface area (Å²) in [4.78, 5) is 14.4. The van der Waals surface area contributed by atoms with Crippen LogP contribution in [0.1, 0.15) is 6.42 Å². The molecule has 16 heavy (non-hydrogen) atoms. The molecule has 88 valence electrons. The maximum atomic E-state index is 10.7. The highest BCUT2D eigenvalue weighted by atomic mass is 35.5. The molecule has 1 N–H and O–H groups in total. The maximum absolute atomic E-state index is 10.7. The van der Waals surface area contributed by atoms with Crippen molar-refractivity contribution in [2.24, 2.45) is 0 Å². The van der Waals surface area contributed by atoms with E-state index in [0.717, 1.165) is 19.5 Å². The number of nitro groups is 1. The number of hydrogen-bond donors (Lipinski definition) is 1. The van der Waals surface area contributed by atoms with Gasteiger partial charge >= 0.3 is 5.69 Å². The first kappa shape index (κ1) is 13.2. The van der Waals surface area contributed by atoms with Gasteiger partial charge in [0.2, 0.25) is 0 Å². The summed E-state index contributed by atoms with van der Waals surface area (Å²) in [6.45, 7) is 1.89. The minimum atomic E-state index is -0.377. The lowest BCUT2D eigenvalue weighted by Crippen LogP contribution is -2.10. The standard InChI is InChI=1S/C9H11N3O2S.ClH/c13-12(14)8-2-1-4-11-9(8)15-7-3-5-10-6-7;/h1-2,4,7,10H,3,5-6H2;1H/t7-;/m1./s1. The molecule has 0 bridgehead atoms. The summed E-state index contributed by atoms with van der Waals surface area (Å²) in [6, 6.07) is 3.09. The summed E-state index contributed by atoms with van der Waals surface area (Å²) >= 11 is 1.49. The third kappa shape index (κ3) is 3.07. The van der Waals surface area contributed by atoms with Crippen LogP contribution in [-0.2, 0) is 0 Å². The molecule has 2 heterocycles. The van der Waals surface area contributed by atoms with Crippen LogP contribution < -0.4 is 5.32 Å². The zero-order chi connectivity index (χ0) is 10.7. The molecule has 1 aromatic heterocycles. The second-order valence-electron chi connectivity index (χ2n) is 3.32. The molecule has 7 heteroatoms. The predicted molar refractivity (Wildman–Crippen MR) is 65.3 cm³/mol. The molecule has 0 saturated carbocycles. The Labute approximate surface area is 104 Å². The molecular weight excluding hydrogens is 250 g/mol. The quantitative estimate of drug-likeness (QED) is 0.665.